The largest absolute Gasteiger partial charge is 0.467 e. The van der Waals surface area contributed by atoms with Gasteiger partial charge in [0.15, 0.2) is 5.65 Å². The van der Waals surface area contributed by atoms with Gasteiger partial charge in [0.2, 0.25) is 0 Å². The number of nitrogens with one attached hydrogen (secondary N) is 2. The molecule has 0 aliphatic carbocycles. The number of hydrogen-bond acceptors (Lipinski definition) is 8. The Morgan fingerprint density at radius 3 is 2.76 bits per heavy atom. The third kappa shape index (κ3) is 4.43. The van der Waals surface area contributed by atoms with Crippen molar-refractivity contribution in [3.05, 3.63) is 59.4 Å². The number of esters is 2. The van der Waals surface area contributed by atoms with Crippen LogP contribution in [0.3, 0.4) is 0 Å². The van der Waals surface area contributed by atoms with E-state index in [0.29, 0.717) is 16.8 Å². The zero-order chi connectivity index (χ0) is 23.5. The van der Waals surface area contributed by atoms with Gasteiger partial charge < -0.3 is 24.5 Å². The summed E-state index contributed by atoms with van der Waals surface area (Å²) >= 11 is 0. The van der Waals surface area contributed by atoms with Crippen molar-refractivity contribution in [1.82, 2.24) is 25.4 Å². The fourth-order valence-electron chi connectivity index (χ4n) is 3.50. The molecule has 3 aromatic rings. The SMILES string of the molecule is CCOC(=O)C1=C(COC(=O)c2cnc3c(cnn3C(C)C)c2)NC(=O)NC1c1ccco1. The molecule has 0 saturated carbocycles. The molecular formula is C22H23N5O6. The van der Waals surface area contributed by atoms with E-state index in [0.717, 1.165) is 0 Å². The lowest BCUT2D eigenvalue weighted by Crippen LogP contribution is -2.47. The summed E-state index contributed by atoms with van der Waals surface area (Å²) in [4.78, 5) is 41.9. The first-order valence-corrected chi connectivity index (χ1v) is 10.4. The molecule has 1 aliphatic heterocycles. The maximum atomic E-state index is 12.7. The number of furan rings is 1. The molecule has 1 atom stereocenters. The molecule has 11 nitrogen and oxygen atoms in total. The predicted molar refractivity (Wildman–Crippen MR) is 115 cm³/mol. The summed E-state index contributed by atoms with van der Waals surface area (Å²) in [6.07, 6.45) is 4.45. The van der Waals surface area contributed by atoms with E-state index in [2.05, 4.69) is 20.7 Å². The number of hydrogen-bond donors (Lipinski definition) is 2. The van der Waals surface area contributed by atoms with Crippen LogP contribution in [0.4, 0.5) is 4.79 Å². The fourth-order valence-corrected chi connectivity index (χ4v) is 3.50. The number of aromatic nitrogens is 3. The molecule has 33 heavy (non-hydrogen) atoms. The van der Waals surface area contributed by atoms with Crippen LogP contribution >= 0.6 is 0 Å². The van der Waals surface area contributed by atoms with E-state index in [-0.39, 0.29) is 36.1 Å². The molecule has 0 spiro atoms. The number of pyridine rings is 1. The van der Waals surface area contributed by atoms with Crippen LogP contribution in [0.5, 0.6) is 0 Å². The van der Waals surface area contributed by atoms with Gasteiger partial charge in [-0.05, 0) is 39.0 Å². The Kier molecular flexibility index (Phi) is 6.11. The van der Waals surface area contributed by atoms with Gasteiger partial charge in [-0.15, -0.1) is 0 Å². The fraction of sp³-hybridized carbons (Fsp3) is 0.318. The Bertz CT molecular complexity index is 1230. The van der Waals surface area contributed by atoms with Crippen molar-refractivity contribution in [3.63, 3.8) is 0 Å². The number of nitrogens with zero attached hydrogens (tertiary/aromatic N) is 3. The highest BCUT2D eigenvalue weighted by Crippen LogP contribution is 2.28. The van der Waals surface area contributed by atoms with Gasteiger partial charge in [0.25, 0.3) is 0 Å². The van der Waals surface area contributed by atoms with E-state index >= 15 is 0 Å². The van der Waals surface area contributed by atoms with Gasteiger partial charge in [0.05, 0.1) is 35.9 Å². The van der Waals surface area contributed by atoms with Crippen molar-refractivity contribution in [2.75, 3.05) is 13.2 Å². The minimum Gasteiger partial charge on any atom is -0.467 e. The van der Waals surface area contributed by atoms with Gasteiger partial charge in [0.1, 0.15) is 18.4 Å². The van der Waals surface area contributed by atoms with Crippen molar-refractivity contribution in [2.45, 2.75) is 32.9 Å². The summed E-state index contributed by atoms with van der Waals surface area (Å²) in [6.45, 7) is 5.40. The van der Waals surface area contributed by atoms with Crippen molar-refractivity contribution < 1.29 is 28.3 Å². The lowest BCUT2D eigenvalue weighted by Gasteiger charge is -2.27. The molecule has 2 amide bonds. The second-order valence-corrected chi connectivity index (χ2v) is 7.56. The zero-order valence-corrected chi connectivity index (χ0v) is 18.3. The van der Waals surface area contributed by atoms with Gasteiger partial charge in [0, 0.05) is 17.6 Å². The maximum absolute atomic E-state index is 12.7. The van der Waals surface area contributed by atoms with Crippen molar-refractivity contribution in [3.8, 4) is 0 Å². The third-order valence-corrected chi connectivity index (χ3v) is 4.98. The van der Waals surface area contributed by atoms with Crippen molar-refractivity contribution >= 4 is 29.0 Å². The van der Waals surface area contributed by atoms with Crippen LogP contribution in [0.1, 0.15) is 49.0 Å². The molecule has 11 heteroatoms. The first kappa shape index (κ1) is 22.1. The van der Waals surface area contributed by atoms with E-state index in [1.54, 1.807) is 36.0 Å². The number of ether oxygens (including phenoxy) is 2. The minimum atomic E-state index is -0.888. The predicted octanol–water partition coefficient (Wildman–Crippen LogP) is 2.63. The Morgan fingerprint density at radius 2 is 2.06 bits per heavy atom. The van der Waals surface area contributed by atoms with Crippen LogP contribution in [0, 0.1) is 0 Å². The number of fused-ring (bicyclic) bond motifs is 1. The van der Waals surface area contributed by atoms with E-state index in [1.807, 2.05) is 13.8 Å². The van der Waals surface area contributed by atoms with Crippen LogP contribution in [0.25, 0.3) is 11.0 Å². The smallest absolute Gasteiger partial charge is 0.340 e. The van der Waals surface area contributed by atoms with Gasteiger partial charge >= 0.3 is 18.0 Å². The first-order valence-electron chi connectivity index (χ1n) is 10.4. The van der Waals surface area contributed by atoms with Crippen LogP contribution in [0.2, 0.25) is 0 Å². The molecule has 4 heterocycles. The van der Waals surface area contributed by atoms with E-state index in [4.69, 9.17) is 13.9 Å². The Hall–Kier alpha value is -4.15. The number of amides is 2. The highest BCUT2D eigenvalue weighted by Gasteiger charge is 2.35. The third-order valence-electron chi connectivity index (χ3n) is 4.98. The van der Waals surface area contributed by atoms with Gasteiger partial charge in [-0.25, -0.2) is 24.0 Å². The number of carbonyl (C=O) groups excluding carboxylic acids is 3. The molecule has 0 fully saturated rings. The Balaban J connectivity index is 1.59. The zero-order valence-electron chi connectivity index (χ0n) is 18.3. The van der Waals surface area contributed by atoms with Crippen LogP contribution < -0.4 is 10.6 Å². The molecule has 172 valence electrons. The topological polar surface area (TPSA) is 138 Å². The summed E-state index contributed by atoms with van der Waals surface area (Å²) in [5.74, 6) is -0.991. The number of urea groups is 1. The summed E-state index contributed by atoms with van der Waals surface area (Å²) < 4.78 is 17.7. The van der Waals surface area contributed by atoms with E-state index in [1.165, 1.54) is 12.5 Å². The van der Waals surface area contributed by atoms with Crippen LogP contribution in [-0.4, -0.2) is 45.9 Å². The van der Waals surface area contributed by atoms with E-state index in [9.17, 15) is 14.4 Å². The highest BCUT2D eigenvalue weighted by atomic mass is 16.5. The molecule has 0 radical (unpaired) electrons. The van der Waals surface area contributed by atoms with E-state index < -0.39 is 24.0 Å². The first-order chi connectivity index (χ1) is 15.9. The number of rotatable bonds is 7. The normalized spacial score (nSPS) is 16.0. The van der Waals surface area contributed by atoms with Crippen LogP contribution in [0.15, 0.2) is 52.5 Å². The highest BCUT2D eigenvalue weighted by molar-refractivity contribution is 5.96. The minimum absolute atomic E-state index is 0.0889. The average molecular weight is 453 g/mol. The molecule has 0 aromatic carbocycles. The number of carbonyl (C=O) groups is 3. The van der Waals surface area contributed by atoms with Crippen molar-refractivity contribution in [2.24, 2.45) is 0 Å². The van der Waals surface area contributed by atoms with Gasteiger partial charge in [-0.1, -0.05) is 0 Å². The molecule has 3 aromatic heterocycles. The lowest BCUT2D eigenvalue weighted by molar-refractivity contribution is -0.139. The maximum Gasteiger partial charge on any atom is 0.340 e. The van der Waals surface area contributed by atoms with Gasteiger partial charge in [-0.3, -0.25) is 0 Å². The standard InChI is InChI=1S/C22H23N5O6/c1-4-31-21(29)17-15(25-22(30)26-18(17)16-6-5-7-32-16)11-33-20(28)14-8-13-10-24-27(12(2)3)19(13)23-9-14/h5-10,12,18H,4,11H2,1-3H3,(H2,25,26,30). The van der Waals surface area contributed by atoms with Gasteiger partial charge in [-0.2, -0.15) is 5.10 Å². The molecule has 1 aliphatic rings. The second-order valence-electron chi connectivity index (χ2n) is 7.56. The molecule has 4 rings (SSSR count). The summed E-state index contributed by atoms with van der Waals surface area (Å²) in [6, 6.07) is 3.55. The molecule has 1 unspecified atom stereocenters. The van der Waals surface area contributed by atoms with Crippen LogP contribution in [-0.2, 0) is 14.3 Å². The second kappa shape index (κ2) is 9.15. The summed E-state index contributed by atoms with van der Waals surface area (Å²) in [7, 11) is 0. The quantitative estimate of drug-likeness (QED) is 0.521. The molecule has 0 saturated heterocycles. The Labute approximate surface area is 188 Å². The molecule has 0 bridgehead atoms. The Morgan fingerprint density at radius 1 is 1.24 bits per heavy atom. The monoisotopic (exact) mass is 453 g/mol. The van der Waals surface area contributed by atoms with Crippen molar-refractivity contribution in [1.29, 1.82) is 0 Å². The summed E-state index contributed by atoms with van der Waals surface area (Å²) in [5, 5.41) is 10.1. The average Bonchev–Trinajstić information content (AvgIpc) is 3.46. The molecular weight excluding hydrogens is 430 g/mol. The summed E-state index contributed by atoms with van der Waals surface area (Å²) in [5.41, 5.74) is 1.06. The lowest BCUT2D eigenvalue weighted by atomic mass is 10.0. The molecule has 2 N–H and O–H groups in total.